The van der Waals surface area contributed by atoms with Crippen molar-refractivity contribution in [2.45, 2.75) is 25.4 Å². The van der Waals surface area contributed by atoms with Crippen LogP contribution in [0.1, 0.15) is 19.3 Å². The molecule has 0 bridgehead atoms. The second-order valence-corrected chi connectivity index (χ2v) is 4.73. The van der Waals surface area contributed by atoms with Crippen molar-refractivity contribution in [3.63, 3.8) is 0 Å². The maximum Gasteiger partial charge on any atom is 0.0834 e. The Kier molecular flexibility index (Phi) is 5.02. The molecule has 74 valence electrons. The van der Waals surface area contributed by atoms with Gasteiger partial charge in [0.2, 0.25) is 0 Å². The van der Waals surface area contributed by atoms with Gasteiger partial charge >= 0.3 is 0 Å². The van der Waals surface area contributed by atoms with Gasteiger partial charge in [-0.2, -0.15) is 0 Å². The Morgan fingerprint density at radius 3 is 2.17 bits per heavy atom. The van der Waals surface area contributed by atoms with Gasteiger partial charge in [-0.3, -0.25) is 0 Å². The number of hydrogen-bond donors (Lipinski definition) is 1. The third-order valence-corrected chi connectivity index (χ3v) is 2.40. The number of hydrogen-bond acceptors (Lipinski definition) is 1. The summed E-state index contributed by atoms with van der Waals surface area (Å²) in [5.41, 5.74) is 0. The van der Waals surface area contributed by atoms with E-state index < -0.39 is 0 Å². The summed E-state index contributed by atoms with van der Waals surface area (Å²) in [5.74, 6) is 0.551. The van der Waals surface area contributed by atoms with Gasteiger partial charge in [-0.25, -0.2) is 0 Å². The zero-order valence-corrected chi connectivity index (χ0v) is 10.4. The molecule has 1 aliphatic carbocycles. The van der Waals surface area contributed by atoms with E-state index in [0.29, 0.717) is 5.92 Å². The van der Waals surface area contributed by atoms with E-state index in [1.165, 1.54) is 12.8 Å². The van der Waals surface area contributed by atoms with Crippen molar-refractivity contribution in [1.29, 1.82) is 0 Å². The Morgan fingerprint density at radius 1 is 1.25 bits per heavy atom. The summed E-state index contributed by atoms with van der Waals surface area (Å²) in [5, 5.41) is 9.54. The van der Waals surface area contributed by atoms with Crippen LogP contribution in [-0.4, -0.2) is 43.4 Å². The highest BCUT2D eigenvalue weighted by molar-refractivity contribution is 4.75. The summed E-state index contributed by atoms with van der Waals surface area (Å²) in [6.45, 7) is 1.11. The van der Waals surface area contributed by atoms with Crippen LogP contribution < -0.4 is 24.0 Å². The predicted octanol–water partition coefficient (Wildman–Crippen LogP) is -2.14. The van der Waals surface area contributed by atoms with Gasteiger partial charge in [-0.15, -0.1) is 0 Å². The summed E-state index contributed by atoms with van der Waals surface area (Å²) in [7, 11) is 6.56. The van der Waals surface area contributed by atoms with Gasteiger partial charge in [-0.1, -0.05) is 6.42 Å². The van der Waals surface area contributed by atoms with Crippen LogP contribution in [0.15, 0.2) is 0 Å². The largest absolute Gasteiger partial charge is 1.00 e. The zero-order valence-electron chi connectivity index (χ0n) is 8.26. The molecule has 0 amide bonds. The SMILES string of the molecule is C[N+](C)(C)CC1CCCC1O.[I-]. The van der Waals surface area contributed by atoms with Gasteiger partial charge in [0.15, 0.2) is 0 Å². The number of nitrogens with zero attached hydrogens (tertiary/aromatic N) is 1. The number of aliphatic hydroxyl groups is 1. The summed E-state index contributed by atoms with van der Waals surface area (Å²) in [6, 6.07) is 0. The average molecular weight is 285 g/mol. The first-order valence-electron chi connectivity index (χ1n) is 4.47. The molecule has 3 heteroatoms. The van der Waals surface area contributed by atoms with Gasteiger partial charge < -0.3 is 33.6 Å². The molecule has 2 atom stereocenters. The summed E-state index contributed by atoms with van der Waals surface area (Å²) in [6.07, 6.45) is 3.43. The Balaban J connectivity index is 0.00000121. The molecule has 1 aliphatic rings. The van der Waals surface area contributed by atoms with Crippen LogP contribution in [0.25, 0.3) is 0 Å². The van der Waals surface area contributed by atoms with Crippen LogP contribution in [0.3, 0.4) is 0 Å². The van der Waals surface area contributed by atoms with Crippen molar-refractivity contribution >= 4 is 0 Å². The molecule has 0 aromatic heterocycles. The topological polar surface area (TPSA) is 20.2 Å². The molecular formula is C9H20INO. The molecule has 0 saturated heterocycles. The van der Waals surface area contributed by atoms with Gasteiger partial charge in [0.05, 0.1) is 33.8 Å². The third-order valence-electron chi connectivity index (χ3n) is 2.40. The second kappa shape index (κ2) is 4.77. The van der Waals surface area contributed by atoms with Gasteiger partial charge in [0, 0.05) is 5.92 Å². The third kappa shape index (κ3) is 4.05. The van der Waals surface area contributed by atoms with E-state index >= 15 is 0 Å². The van der Waals surface area contributed by atoms with Gasteiger partial charge in [0.25, 0.3) is 0 Å². The van der Waals surface area contributed by atoms with Crippen molar-refractivity contribution < 1.29 is 33.6 Å². The Bertz CT molecular complexity index is 133. The normalized spacial score (nSPS) is 30.0. The smallest absolute Gasteiger partial charge is 0.0834 e. The highest BCUT2D eigenvalue weighted by Crippen LogP contribution is 2.26. The van der Waals surface area contributed by atoms with E-state index in [0.717, 1.165) is 17.4 Å². The lowest BCUT2D eigenvalue weighted by Crippen LogP contribution is -3.00. The van der Waals surface area contributed by atoms with E-state index in [4.69, 9.17) is 0 Å². The van der Waals surface area contributed by atoms with Crippen LogP contribution in [0, 0.1) is 5.92 Å². The molecule has 2 nitrogen and oxygen atoms in total. The van der Waals surface area contributed by atoms with E-state index in [9.17, 15) is 5.11 Å². The molecule has 0 aromatic rings. The predicted molar refractivity (Wildman–Crippen MR) is 46.2 cm³/mol. The number of aliphatic hydroxyl groups excluding tert-OH is 1. The maximum atomic E-state index is 9.54. The van der Waals surface area contributed by atoms with Crippen LogP contribution in [-0.2, 0) is 0 Å². The van der Waals surface area contributed by atoms with Crippen LogP contribution in [0.5, 0.6) is 0 Å². The summed E-state index contributed by atoms with van der Waals surface area (Å²) in [4.78, 5) is 0. The molecule has 2 unspecified atom stereocenters. The Morgan fingerprint density at radius 2 is 1.83 bits per heavy atom. The molecule has 0 spiro atoms. The molecule has 1 saturated carbocycles. The Hall–Kier alpha value is 0.650. The van der Waals surface area contributed by atoms with Crippen LogP contribution in [0.4, 0.5) is 0 Å². The zero-order chi connectivity index (χ0) is 8.48. The second-order valence-electron chi connectivity index (χ2n) is 4.73. The van der Waals surface area contributed by atoms with Crippen LogP contribution in [0.2, 0.25) is 0 Å². The first kappa shape index (κ1) is 12.7. The van der Waals surface area contributed by atoms with Crippen molar-refractivity contribution in [1.82, 2.24) is 0 Å². The fourth-order valence-corrected chi connectivity index (χ4v) is 1.93. The van der Waals surface area contributed by atoms with E-state index in [2.05, 4.69) is 21.1 Å². The van der Waals surface area contributed by atoms with Crippen LogP contribution >= 0.6 is 0 Å². The number of rotatable bonds is 2. The number of halogens is 1. The lowest BCUT2D eigenvalue weighted by atomic mass is 10.1. The molecule has 0 radical (unpaired) electrons. The van der Waals surface area contributed by atoms with Crippen molar-refractivity contribution in [2.75, 3.05) is 27.7 Å². The lowest BCUT2D eigenvalue weighted by Gasteiger charge is -2.28. The van der Waals surface area contributed by atoms with Crippen molar-refractivity contribution in [3.05, 3.63) is 0 Å². The van der Waals surface area contributed by atoms with Crippen molar-refractivity contribution in [2.24, 2.45) is 5.92 Å². The lowest BCUT2D eigenvalue weighted by molar-refractivity contribution is -0.874. The molecule has 1 fully saturated rings. The summed E-state index contributed by atoms with van der Waals surface area (Å²) < 4.78 is 0.974. The van der Waals surface area contributed by atoms with E-state index in [1.54, 1.807) is 0 Å². The van der Waals surface area contributed by atoms with Crippen molar-refractivity contribution in [3.8, 4) is 0 Å². The molecule has 0 heterocycles. The molecule has 0 aromatic carbocycles. The minimum absolute atomic E-state index is 0. The highest BCUT2D eigenvalue weighted by Gasteiger charge is 2.29. The van der Waals surface area contributed by atoms with Gasteiger partial charge in [0.1, 0.15) is 0 Å². The first-order chi connectivity index (χ1) is 4.99. The molecule has 0 aliphatic heterocycles. The number of quaternary nitrogens is 1. The minimum Gasteiger partial charge on any atom is -1.00 e. The van der Waals surface area contributed by atoms with E-state index in [-0.39, 0.29) is 30.1 Å². The minimum atomic E-state index is -0.0210. The first-order valence-corrected chi connectivity index (χ1v) is 4.47. The summed E-state index contributed by atoms with van der Waals surface area (Å²) >= 11 is 0. The Labute approximate surface area is 92.6 Å². The molecule has 12 heavy (non-hydrogen) atoms. The monoisotopic (exact) mass is 285 g/mol. The maximum absolute atomic E-state index is 9.54. The fraction of sp³-hybridized carbons (Fsp3) is 1.00. The molecule has 1 N–H and O–H groups in total. The molecule has 1 rings (SSSR count). The average Bonchev–Trinajstić information content (AvgIpc) is 2.12. The van der Waals surface area contributed by atoms with E-state index in [1.807, 2.05) is 0 Å². The highest BCUT2D eigenvalue weighted by atomic mass is 127. The van der Waals surface area contributed by atoms with Gasteiger partial charge in [-0.05, 0) is 12.8 Å². The quantitative estimate of drug-likeness (QED) is 0.453. The standard InChI is InChI=1S/C9H20NO.HI/c1-10(2,3)7-8-5-4-6-9(8)11;/h8-9,11H,4-7H2,1-3H3;1H/q+1;/p-1. The fourth-order valence-electron chi connectivity index (χ4n) is 1.93. The molecular weight excluding hydrogens is 265 g/mol.